The average molecular weight is 325 g/mol. The normalized spacial score (nSPS) is 18.0. The van der Waals surface area contributed by atoms with Crippen LogP contribution in [0.5, 0.6) is 0 Å². The minimum absolute atomic E-state index is 0.120. The fourth-order valence-electron chi connectivity index (χ4n) is 1.66. The summed E-state index contributed by atoms with van der Waals surface area (Å²) in [6.07, 6.45) is 3.05. The first-order valence-electron chi connectivity index (χ1n) is 6.77. The van der Waals surface area contributed by atoms with Gasteiger partial charge in [0, 0.05) is 23.8 Å². The Labute approximate surface area is 132 Å². The number of hydrogen-bond donors (Lipinski definition) is 2. The molecule has 8 nitrogen and oxygen atoms in total. The van der Waals surface area contributed by atoms with E-state index >= 15 is 0 Å². The van der Waals surface area contributed by atoms with E-state index in [4.69, 9.17) is 4.74 Å². The summed E-state index contributed by atoms with van der Waals surface area (Å²) in [7, 11) is 0. The Morgan fingerprint density at radius 2 is 2.09 bits per heavy atom. The number of nitrogens with zero attached hydrogens (tertiary/aromatic N) is 3. The van der Waals surface area contributed by atoms with Gasteiger partial charge in [0.15, 0.2) is 6.61 Å². The number of hydrogen-bond acceptors (Lipinski definition) is 7. The molecule has 2 atom stereocenters. The quantitative estimate of drug-likeness (QED) is 0.775. The minimum atomic E-state index is -1.26. The zero-order valence-corrected chi connectivity index (χ0v) is 13.7. The van der Waals surface area contributed by atoms with Crippen LogP contribution in [0.25, 0.3) is 0 Å². The summed E-state index contributed by atoms with van der Waals surface area (Å²) in [5.74, 6) is -0.132. The van der Waals surface area contributed by atoms with Crippen LogP contribution in [-0.4, -0.2) is 37.7 Å². The summed E-state index contributed by atoms with van der Waals surface area (Å²) in [5, 5.41) is 3.84. The van der Waals surface area contributed by atoms with Crippen molar-refractivity contribution in [2.45, 2.75) is 38.5 Å². The van der Waals surface area contributed by atoms with Crippen molar-refractivity contribution >= 4 is 23.2 Å². The number of rotatable bonds is 4. The second-order valence-corrected chi connectivity index (χ2v) is 7.75. The minimum Gasteiger partial charge on any atom is -0.598 e. The SMILES string of the molecule is CC(N[S+]([O-])C(C)(C)C)c1nccnc1C1=NNC(=O)CO1. The smallest absolute Gasteiger partial charge is 0.278 e. The molecule has 0 aromatic carbocycles. The zero-order chi connectivity index (χ0) is 16.3. The Hall–Kier alpha value is -1.71. The van der Waals surface area contributed by atoms with Gasteiger partial charge < -0.3 is 9.29 Å². The molecule has 2 unspecified atom stereocenters. The number of nitrogens with one attached hydrogen (secondary N) is 2. The van der Waals surface area contributed by atoms with E-state index in [1.54, 1.807) is 6.20 Å². The van der Waals surface area contributed by atoms with Gasteiger partial charge in [-0.3, -0.25) is 9.78 Å². The lowest BCUT2D eigenvalue weighted by molar-refractivity contribution is -0.124. The molecule has 0 spiro atoms. The maximum absolute atomic E-state index is 12.2. The van der Waals surface area contributed by atoms with Crippen LogP contribution in [0.1, 0.15) is 45.1 Å². The number of hydrazone groups is 1. The van der Waals surface area contributed by atoms with Crippen molar-refractivity contribution in [2.24, 2.45) is 5.10 Å². The van der Waals surface area contributed by atoms with Gasteiger partial charge in [-0.15, -0.1) is 9.82 Å². The van der Waals surface area contributed by atoms with Crippen molar-refractivity contribution in [1.29, 1.82) is 0 Å². The molecule has 0 fully saturated rings. The fraction of sp³-hybridized carbons (Fsp3) is 0.538. The lowest BCUT2D eigenvalue weighted by Crippen LogP contribution is -2.41. The van der Waals surface area contributed by atoms with E-state index in [1.807, 2.05) is 27.7 Å². The van der Waals surface area contributed by atoms with Crippen LogP contribution in [-0.2, 0) is 20.9 Å². The molecule has 0 saturated carbocycles. The molecule has 0 aliphatic carbocycles. The van der Waals surface area contributed by atoms with Crippen LogP contribution in [0.2, 0.25) is 0 Å². The molecule has 0 bridgehead atoms. The van der Waals surface area contributed by atoms with Gasteiger partial charge in [0.1, 0.15) is 10.4 Å². The Morgan fingerprint density at radius 3 is 2.68 bits per heavy atom. The van der Waals surface area contributed by atoms with E-state index in [2.05, 4.69) is 25.2 Å². The van der Waals surface area contributed by atoms with E-state index in [1.165, 1.54) is 6.20 Å². The Morgan fingerprint density at radius 1 is 1.41 bits per heavy atom. The van der Waals surface area contributed by atoms with E-state index < -0.39 is 16.1 Å². The molecule has 1 aliphatic rings. The van der Waals surface area contributed by atoms with Gasteiger partial charge >= 0.3 is 0 Å². The highest BCUT2D eigenvalue weighted by molar-refractivity contribution is 7.90. The molecule has 2 N–H and O–H groups in total. The van der Waals surface area contributed by atoms with E-state index in [0.717, 1.165) is 0 Å². The summed E-state index contributed by atoms with van der Waals surface area (Å²) < 4.78 is 20.1. The molecule has 22 heavy (non-hydrogen) atoms. The fourth-order valence-corrected chi connectivity index (χ4v) is 2.44. The van der Waals surface area contributed by atoms with Crippen molar-refractivity contribution in [2.75, 3.05) is 6.61 Å². The largest absolute Gasteiger partial charge is 0.598 e. The monoisotopic (exact) mass is 325 g/mol. The van der Waals surface area contributed by atoms with Gasteiger partial charge in [0.2, 0.25) is 0 Å². The first kappa shape index (κ1) is 16.7. The second-order valence-electron chi connectivity index (χ2n) is 5.75. The van der Waals surface area contributed by atoms with E-state index in [9.17, 15) is 9.35 Å². The number of ether oxygens (including phenoxy) is 1. The third kappa shape index (κ3) is 3.93. The first-order valence-corrected chi connectivity index (χ1v) is 7.92. The van der Waals surface area contributed by atoms with Crippen LogP contribution < -0.4 is 10.1 Å². The van der Waals surface area contributed by atoms with Crippen molar-refractivity contribution in [3.63, 3.8) is 0 Å². The van der Waals surface area contributed by atoms with Gasteiger partial charge in [-0.25, -0.2) is 10.4 Å². The van der Waals surface area contributed by atoms with Crippen molar-refractivity contribution < 1.29 is 14.1 Å². The van der Waals surface area contributed by atoms with Crippen LogP contribution in [0.15, 0.2) is 17.5 Å². The number of carbonyl (C=O) groups excluding carboxylic acids is 1. The molecule has 2 heterocycles. The molecular formula is C13H19N5O3S. The number of amides is 1. The van der Waals surface area contributed by atoms with Crippen LogP contribution in [0, 0.1) is 0 Å². The third-order valence-electron chi connectivity index (χ3n) is 2.80. The van der Waals surface area contributed by atoms with Crippen molar-refractivity contribution in [3.8, 4) is 0 Å². The highest BCUT2D eigenvalue weighted by atomic mass is 32.2. The molecule has 1 aliphatic heterocycles. The zero-order valence-electron chi connectivity index (χ0n) is 12.9. The Bertz CT molecular complexity index is 587. The molecule has 2 rings (SSSR count). The molecule has 1 aromatic rings. The predicted molar refractivity (Wildman–Crippen MR) is 82.1 cm³/mol. The van der Waals surface area contributed by atoms with Gasteiger partial charge in [-0.2, -0.15) is 0 Å². The van der Waals surface area contributed by atoms with Gasteiger partial charge in [0.05, 0.1) is 11.7 Å². The Kier molecular flexibility index (Phi) is 4.99. The molecule has 0 saturated heterocycles. The lowest BCUT2D eigenvalue weighted by atomic mass is 10.2. The molecule has 120 valence electrons. The van der Waals surface area contributed by atoms with Crippen LogP contribution in [0.4, 0.5) is 0 Å². The van der Waals surface area contributed by atoms with Crippen molar-refractivity contribution in [3.05, 3.63) is 23.8 Å². The maximum atomic E-state index is 12.2. The van der Waals surface area contributed by atoms with Gasteiger partial charge in [-0.05, 0) is 27.7 Å². The summed E-state index contributed by atoms with van der Waals surface area (Å²) >= 11 is -1.26. The highest BCUT2D eigenvalue weighted by Gasteiger charge is 2.31. The van der Waals surface area contributed by atoms with E-state index in [0.29, 0.717) is 11.4 Å². The first-order chi connectivity index (χ1) is 10.3. The topological polar surface area (TPSA) is 112 Å². The van der Waals surface area contributed by atoms with Gasteiger partial charge in [0.25, 0.3) is 11.8 Å². The molecule has 1 aromatic heterocycles. The predicted octanol–water partition coefficient (Wildman–Crippen LogP) is 0.397. The number of aromatic nitrogens is 2. The second kappa shape index (κ2) is 6.59. The van der Waals surface area contributed by atoms with Crippen LogP contribution in [0.3, 0.4) is 0 Å². The van der Waals surface area contributed by atoms with Crippen molar-refractivity contribution in [1.82, 2.24) is 20.1 Å². The summed E-state index contributed by atoms with van der Waals surface area (Å²) in [5.41, 5.74) is 3.30. The summed E-state index contributed by atoms with van der Waals surface area (Å²) in [6, 6.07) is -0.326. The standard InChI is InChI=1S/C13H19N5O3S/c1-8(18-22(20)13(2,3)4)10-11(15-6-5-14-10)12-17-16-9(19)7-21-12/h5-6,8,18H,7H2,1-4H3,(H,16,19). The molecular weight excluding hydrogens is 306 g/mol. The lowest BCUT2D eigenvalue weighted by Gasteiger charge is -2.26. The third-order valence-corrected chi connectivity index (χ3v) is 4.48. The maximum Gasteiger partial charge on any atom is 0.278 e. The Balaban J connectivity index is 2.23. The highest BCUT2D eigenvalue weighted by Crippen LogP contribution is 2.20. The molecule has 9 heteroatoms. The molecule has 1 amide bonds. The van der Waals surface area contributed by atoms with Gasteiger partial charge in [-0.1, -0.05) is 0 Å². The molecule has 0 radical (unpaired) electrons. The number of carbonyl (C=O) groups is 1. The average Bonchev–Trinajstić information content (AvgIpc) is 2.47. The van der Waals surface area contributed by atoms with E-state index in [-0.39, 0.29) is 24.5 Å². The van der Waals surface area contributed by atoms with Crippen LogP contribution >= 0.6 is 0 Å². The summed E-state index contributed by atoms with van der Waals surface area (Å²) in [6.45, 7) is 7.35. The summed E-state index contributed by atoms with van der Waals surface area (Å²) in [4.78, 5) is 19.6.